The van der Waals surface area contributed by atoms with E-state index >= 15 is 0 Å². The SMILES string of the molecule is N#CCCC1C2C=CC(C2)C1C#N. The van der Waals surface area contributed by atoms with Gasteiger partial charge < -0.3 is 0 Å². The molecule has 4 atom stereocenters. The van der Waals surface area contributed by atoms with Crippen LogP contribution < -0.4 is 0 Å². The van der Waals surface area contributed by atoms with Crippen molar-refractivity contribution in [2.45, 2.75) is 19.3 Å². The van der Waals surface area contributed by atoms with Crippen LogP contribution in [0.25, 0.3) is 0 Å². The summed E-state index contributed by atoms with van der Waals surface area (Å²) in [5.41, 5.74) is 0. The fraction of sp³-hybridized carbons (Fsp3) is 0.636. The van der Waals surface area contributed by atoms with Gasteiger partial charge >= 0.3 is 0 Å². The Morgan fingerprint density at radius 2 is 2.00 bits per heavy atom. The molecule has 0 heterocycles. The molecule has 2 bridgehead atoms. The fourth-order valence-electron chi connectivity index (χ4n) is 2.74. The molecule has 0 amide bonds. The monoisotopic (exact) mass is 172 g/mol. The Balaban J connectivity index is 2.07. The van der Waals surface area contributed by atoms with Gasteiger partial charge in [-0.05, 0) is 30.6 Å². The minimum absolute atomic E-state index is 0.184. The van der Waals surface area contributed by atoms with Gasteiger partial charge in [-0.1, -0.05) is 12.2 Å². The zero-order valence-electron chi connectivity index (χ0n) is 7.48. The van der Waals surface area contributed by atoms with E-state index in [4.69, 9.17) is 10.5 Å². The largest absolute Gasteiger partial charge is 0.198 e. The van der Waals surface area contributed by atoms with Gasteiger partial charge in [0.05, 0.1) is 18.1 Å². The van der Waals surface area contributed by atoms with Crippen molar-refractivity contribution in [3.8, 4) is 12.1 Å². The molecule has 2 rings (SSSR count). The molecule has 0 aromatic rings. The maximum absolute atomic E-state index is 8.99. The fourth-order valence-corrected chi connectivity index (χ4v) is 2.74. The second kappa shape index (κ2) is 3.23. The van der Waals surface area contributed by atoms with E-state index in [-0.39, 0.29) is 5.92 Å². The van der Waals surface area contributed by atoms with Crippen LogP contribution in [-0.2, 0) is 0 Å². The van der Waals surface area contributed by atoms with Crippen LogP contribution in [0.3, 0.4) is 0 Å². The van der Waals surface area contributed by atoms with Crippen LogP contribution in [0.1, 0.15) is 19.3 Å². The highest BCUT2D eigenvalue weighted by molar-refractivity contribution is 5.18. The van der Waals surface area contributed by atoms with Gasteiger partial charge in [0.25, 0.3) is 0 Å². The van der Waals surface area contributed by atoms with Gasteiger partial charge in [0.15, 0.2) is 0 Å². The molecule has 0 N–H and O–H groups in total. The molecule has 4 unspecified atom stereocenters. The van der Waals surface area contributed by atoms with Gasteiger partial charge in [-0.25, -0.2) is 0 Å². The average molecular weight is 172 g/mol. The molecule has 1 fully saturated rings. The summed E-state index contributed by atoms with van der Waals surface area (Å²) in [6, 6.07) is 4.56. The Labute approximate surface area is 78.5 Å². The van der Waals surface area contributed by atoms with E-state index in [1.807, 2.05) is 0 Å². The van der Waals surface area contributed by atoms with Crippen LogP contribution in [-0.4, -0.2) is 0 Å². The van der Waals surface area contributed by atoms with Crippen LogP contribution in [0.15, 0.2) is 12.2 Å². The summed E-state index contributed by atoms with van der Waals surface area (Å²) in [7, 11) is 0. The van der Waals surface area contributed by atoms with Crippen LogP contribution in [0.4, 0.5) is 0 Å². The third-order valence-corrected chi connectivity index (χ3v) is 3.36. The summed E-state index contributed by atoms with van der Waals surface area (Å²) in [5, 5.41) is 17.5. The first kappa shape index (κ1) is 8.32. The molecule has 0 aromatic heterocycles. The van der Waals surface area contributed by atoms with Crippen LogP contribution in [0, 0.1) is 46.3 Å². The summed E-state index contributed by atoms with van der Waals surface area (Å²) in [4.78, 5) is 0. The molecule has 0 aliphatic heterocycles. The van der Waals surface area contributed by atoms with Crippen LogP contribution in [0.2, 0.25) is 0 Å². The van der Waals surface area contributed by atoms with E-state index in [0.29, 0.717) is 24.2 Å². The highest BCUT2D eigenvalue weighted by Crippen LogP contribution is 2.49. The molecule has 13 heavy (non-hydrogen) atoms. The van der Waals surface area contributed by atoms with E-state index in [2.05, 4.69) is 24.3 Å². The first-order valence-electron chi connectivity index (χ1n) is 4.81. The highest BCUT2D eigenvalue weighted by atomic mass is 14.5. The number of hydrogen-bond donors (Lipinski definition) is 0. The number of hydrogen-bond acceptors (Lipinski definition) is 2. The molecule has 0 aromatic carbocycles. The second-order valence-electron chi connectivity index (χ2n) is 3.96. The van der Waals surface area contributed by atoms with Crippen molar-refractivity contribution in [2.75, 3.05) is 0 Å². The standard InChI is InChI=1S/C11H12N2/c12-5-1-2-10-8-3-4-9(6-8)11(10)7-13/h3-4,8-11H,1-2,6H2. The summed E-state index contributed by atoms with van der Waals surface area (Å²) >= 11 is 0. The summed E-state index contributed by atoms with van der Waals surface area (Å²) in [6.07, 6.45) is 7.07. The third kappa shape index (κ3) is 1.23. The van der Waals surface area contributed by atoms with E-state index in [0.717, 1.165) is 12.8 Å². The van der Waals surface area contributed by atoms with Crippen molar-refractivity contribution in [1.82, 2.24) is 0 Å². The minimum Gasteiger partial charge on any atom is -0.198 e. The Bertz CT molecular complexity index is 305. The van der Waals surface area contributed by atoms with Gasteiger partial charge in [-0.2, -0.15) is 10.5 Å². The molecule has 66 valence electrons. The number of fused-ring (bicyclic) bond motifs is 2. The van der Waals surface area contributed by atoms with Crippen LogP contribution >= 0.6 is 0 Å². The van der Waals surface area contributed by atoms with Gasteiger partial charge in [-0.3, -0.25) is 0 Å². The van der Waals surface area contributed by atoms with Gasteiger partial charge in [0, 0.05) is 6.42 Å². The van der Waals surface area contributed by atoms with E-state index < -0.39 is 0 Å². The van der Waals surface area contributed by atoms with Crippen molar-refractivity contribution < 1.29 is 0 Å². The molecular weight excluding hydrogens is 160 g/mol. The maximum atomic E-state index is 8.99. The van der Waals surface area contributed by atoms with Crippen LogP contribution in [0.5, 0.6) is 0 Å². The van der Waals surface area contributed by atoms with Crippen molar-refractivity contribution >= 4 is 0 Å². The van der Waals surface area contributed by atoms with Gasteiger partial charge in [-0.15, -0.1) is 0 Å². The lowest BCUT2D eigenvalue weighted by Crippen LogP contribution is -2.17. The number of nitriles is 2. The van der Waals surface area contributed by atoms with Gasteiger partial charge in [0.1, 0.15) is 0 Å². The zero-order chi connectivity index (χ0) is 9.26. The molecule has 2 aliphatic rings. The lowest BCUT2D eigenvalue weighted by molar-refractivity contribution is 0.355. The number of rotatable bonds is 2. The lowest BCUT2D eigenvalue weighted by atomic mass is 9.81. The van der Waals surface area contributed by atoms with Gasteiger partial charge in [0.2, 0.25) is 0 Å². The first-order valence-corrected chi connectivity index (χ1v) is 4.81. The molecule has 1 saturated carbocycles. The van der Waals surface area contributed by atoms with Crippen molar-refractivity contribution in [2.24, 2.45) is 23.7 Å². The predicted octanol–water partition coefficient (Wildman–Crippen LogP) is 2.25. The highest BCUT2D eigenvalue weighted by Gasteiger charge is 2.43. The summed E-state index contributed by atoms with van der Waals surface area (Å²) in [5.74, 6) is 1.71. The number of nitrogens with zero attached hydrogens (tertiary/aromatic N) is 2. The topological polar surface area (TPSA) is 47.6 Å². The van der Waals surface area contributed by atoms with Crippen molar-refractivity contribution in [3.05, 3.63) is 12.2 Å². The van der Waals surface area contributed by atoms with Crippen molar-refractivity contribution in [3.63, 3.8) is 0 Å². The predicted molar refractivity (Wildman–Crippen MR) is 48.2 cm³/mol. The van der Waals surface area contributed by atoms with E-state index in [9.17, 15) is 0 Å². The smallest absolute Gasteiger partial charge is 0.0665 e. The minimum atomic E-state index is 0.184. The van der Waals surface area contributed by atoms with E-state index in [1.54, 1.807) is 0 Å². The Morgan fingerprint density at radius 3 is 2.69 bits per heavy atom. The Hall–Kier alpha value is -1.28. The molecule has 0 spiro atoms. The molecule has 2 aliphatic carbocycles. The third-order valence-electron chi connectivity index (χ3n) is 3.36. The molecule has 0 saturated heterocycles. The first-order chi connectivity index (χ1) is 6.36. The Morgan fingerprint density at radius 1 is 1.23 bits per heavy atom. The second-order valence-corrected chi connectivity index (χ2v) is 3.96. The number of allylic oxidation sites excluding steroid dienone is 2. The maximum Gasteiger partial charge on any atom is 0.0665 e. The molecular formula is C11H12N2. The summed E-state index contributed by atoms with van der Waals surface area (Å²) < 4.78 is 0. The lowest BCUT2D eigenvalue weighted by Gasteiger charge is -2.21. The van der Waals surface area contributed by atoms with Crippen molar-refractivity contribution in [1.29, 1.82) is 10.5 Å². The molecule has 0 radical (unpaired) electrons. The van der Waals surface area contributed by atoms with E-state index in [1.165, 1.54) is 0 Å². The summed E-state index contributed by atoms with van der Waals surface area (Å²) in [6.45, 7) is 0. The molecule has 2 heteroatoms. The average Bonchev–Trinajstić information content (AvgIpc) is 2.73. The Kier molecular flexibility index (Phi) is 2.07. The normalized spacial score (nSPS) is 40.2. The quantitative estimate of drug-likeness (QED) is 0.600. The zero-order valence-corrected chi connectivity index (χ0v) is 7.48. The molecule has 2 nitrogen and oxygen atoms in total.